The lowest BCUT2D eigenvalue weighted by Gasteiger charge is -2.25. The molecule has 1 atom stereocenters. The van der Waals surface area contributed by atoms with Crippen molar-refractivity contribution in [3.8, 4) is 0 Å². The lowest BCUT2D eigenvalue weighted by Crippen LogP contribution is -2.42. The number of quaternary nitrogens is 1. The van der Waals surface area contributed by atoms with Crippen LogP contribution in [0.1, 0.15) is 18.8 Å². The number of hydrogen-bond acceptors (Lipinski definition) is 2. The molecule has 66 valence electrons. The van der Waals surface area contributed by atoms with E-state index in [4.69, 9.17) is 17.4 Å². The van der Waals surface area contributed by atoms with Gasteiger partial charge in [0.2, 0.25) is 0 Å². The zero-order valence-electron chi connectivity index (χ0n) is 15.0. The van der Waals surface area contributed by atoms with Crippen LogP contribution in [-0.2, 0) is 4.79 Å². The minimum absolute atomic E-state index is 0.487. The summed E-state index contributed by atoms with van der Waals surface area (Å²) < 4.78 is 63.6. The number of carbonyl (C=O) groups is 1. The van der Waals surface area contributed by atoms with Gasteiger partial charge >= 0.3 is 5.97 Å². The van der Waals surface area contributed by atoms with Crippen molar-refractivity contribution in [1.82, 2.24) is 0 Å². The van der Waals surface area contributed by atoms with E-state index in [0.717, 1.165) is 0 Å². The van der Waals surface area contributed by atoms with E-state index in [1.807, 2.05) is 0 Å². The molecule has 0 aromatic carbocycles. The van der Waals surface area contributed by atoms with E-state index in [1.54, 1.807) is 0 Å². The monoisotopic (exact) mass is 171 g/mol. The molecule has 0 radical (unpaired) electrons. The summed E-state index contributed by atoms with van der Waals surface area (Å²) in [5.41, 5.74) is 0. The van der Waals surface area contributed by atoms with Gasteiger partial charge in [0.1, 0.15) is 12.6 Å². The van der Waals surface area contributed by atoms with Crippen molar-refractivity contribution in [3.05, 3.63) is 0 Å². The lowest BCUT2D eigenvalue weighted by molar-refractivity contribution is -0.873. The maximum absolute atomic E-state index is 10.6. The summed E-state index contributed by atoms with van der Waals surface area (Å²) in [7, 11) is 0.487. The van der Waals surface area contributed by atoms with Crippen LogP contribution in [0.4, 0.5) is 0 Å². The van der Waals surface area contributed by atoms with E-state index in [2.05, 4.69) is 0 Å². The fourth-order valence-electron chi connectivity index (χ4n) is 0.441. The normalized spacial score (nSPS) is 33.1. The highest BCUT2D eigenvalue weighted by molar-refractivity contribution is 5.67. The van der Waals surface area contributed by atoms with Gasteiger partial charge in [-0.2, -0.15) is 0 Å². The molecule has 2 N–H and O–H groups in total. The summed E-state index contributed by atoms with van der Waals surface area (Å²) in [5, 5.41) is 18.2. The van der Waals surface area contributed by atoms with Crippen LogP contribution >= 0.6 is 0 Å². The molecular weight excluding hydrogens is 146 g/mol. The van der Waals surface area contributed by atoms with E-state index in [1.165, 1.54) is 0 Å². The average Bonchev–Trinajstić information content (AvgIpc) is 2.09. The quantitative estimate of drug-likeness (QED) is 0.562. The standard InChI is InChI=1S/C7H15NO3/c1-8(2,3)5-6(9)4-7(10)11/h6,9H,4-5H2,1-3H3/p+1/t6-/m1/s1/i1D3,2D3,5D2,6D. The second kappa shape index (κ2) is 3.69. The first-order chi connectivity index (χ1) is 8.42. The molecular formula is C7H16NO3+. The van der Waals surface area contributed by atoms with Gasteiger partial charge < -0.3 is 14.7 Å². The van der Waals surface area contributed by atoms with Gasteiger partial charge in [0.15, 0.2) is 0 Å². The third-order valence-corrected chi connectivity index (χ3v) is 0.671. The maximum atomic E-state index is 10.6. The summed E-state index contributed by atoms with van der Waals surface area (Å²) in [4.78, 5) is 10.6. The molecule has 0 aliphatic carbocycles. The van der Waals surface area contributed by atoms with Crippen LogP contribution in [-0.4, -0.2) is 54.2 Å². The molecule has 0 aliphatic heterocycles. The Hall–Kier alpha value is -0.610. The molecule has 0 heterocycles. The van der Waals surface area contributed by atoms with E-state index in [-0.39, 0.29) is 0 Å². The van der Waals surface area contributed by atoms with E-state index >= 15 is 0 Å². The molecule has 0 spiro atoms. The van der Waals surface area contributed by atoms with Crippen molar-refractivity contribution in [3.63, 3.8) is 0 Å². The molecule has 0 bridgehead atoms. The molecule has 0 unspecified atom stereocenters. The lowest BCUT2D eigenvalue weighted by atomic mass is 10.2. The number of rotatable bonds is 4. The molecule has 4 nitrogen and oxygen atoms in total. The number of likely N-dealkylation sites (N-methyl/N-ethyl adjacent to an activating group) is 1. The summed E-state index contributed by atoms with van der Waals surface area (Å²) in [6.07, 6.45) is -4.92. The van der Waals surface area contributed by atoms with Crippen LogP contribution in [0.2, 0.25) is 0 Å². The van der Waals surface area contributed by atoms with Crippen molar-refractivity contribution in [1.29, 1.82) is 0 Å². The van der Waals surface area contributed by atoms with E-state index in [0.29, 0.717) is 7.05 Å². The first kappa shape index (κ1) is 2.71. The molecule has 0 amide bonds. The zero-order chi connectivity index (χ0) is 16.8. The number of carboxylic acid groups (broad SMARTS) is 1. The third kappa shape index (κ3) is 7.29. The predicted octanol–water partition coefficient (Wildman–Crippen LogP) is -0.472. The molecule has 0 aliphatic rings. The first-order valence-electron chi connectivity index (χ1n) is 7.23. The van der Waals surface area contributed by atoms with Gasteiger partial charge in [-0.3, -0.25) is 4.79 Å². The molecule has 4 heteroatoms. The average molecular weight is 171 g/mol. The van der Waals surface area contributed by atoms with Crippen molar-refractivity contribution in [2.75, 3.05) is 27.5 Å². The van der Waals surface area contributed by atoms with Gasteiger partial charge in [-0.1, -0.05) is 0 Å². The number of aliphatic carboxylic acids is 1. The highest BCUT2D eigenvalue weighted by Gasteiger charge is 2.17. The van der Waals surface area contributed by atoms with Crippen LogP contribution in [0, 0.1) is 0 Å². The van der Waals surface area contributed by atoms with Gasteiger partial charge in [0.05, 0.1) is 39.8 Å². The summed E-state index contributed by atoms with van der Waals surface area (Å²) in [6, 6.07) is 0. The zero-order valence-corrected chi connectivity index (χ0v) is 5.96. The smallest absolute Gasteiger partial charge is 0.306 e. The summed E-state index contributed by atoms with van der Waals surface area (Å²) in [5.74, 6) is -1.77. The Morgan fingerprint density at radius 2 is 2.45 bits per heavy atom. The largest absolute Gasteiger partial charge is 0.481 e. The molecule has 0 saturated carbocycles. The van der Waals surface area contributed by atoms with Crippen LogP contribution in [0.5, 0.6) is 0 Å². The SMILES string of the molecule is [2H]C([2H])([2H])[N+](C)(C([2H])([2H])[2H])C([2H])([2H])[C@]([2H])(O)CC(=O)O. The van der Waals surface area contributed by atoms with Crippen molar-refractivity contribution in [2.24, 2.45) is 0 Å². The summed E-state index contributed by atoms with van der Waals surface area (Å²) in [6.45, 7) is -10.5. The van der Waals surface area contributed by atoms with Gasteiger partial charge in [-0.05, 0) is 0 Å². The van der Waals surface area contributed by atoms with Crippen LogP contribution in [0.25, 0.3) is 0 Å². The van der Waals surface area contributed by atoms with Crippen molar-refractivity contribution in [2.45, 2.75) is 12.5 Å². The number of hydrogen-bond donors (Lipinski definition) is 2. The van der Waals surface area contributed by atoms with Crippen LogP contribution in [0.3, 0.4) is 0 Å². The molecule has 11 heavy (non-hydrogen) atoms. The highest BCUT2D eigenvalue weighted by atomic mass is 16.4. The van der Waals surface area contributed by atoms with E-state index in [9.17, 15) is 9.90 Å². The predicted molar refractivity (Wildman–Crippen MR) is 41.2 cm³/mol. The Morgan fingerprint density at radius 3 is 2.82 bits per heavy atom. The number of nitrogens with zero attached hydrogens (tertiary/aromatic N) is 1. The Kier molecular flexibility index (Phi) is 0.908. The number of carboxylic acids is 1. The third-order valence-electron chi connectivity index (χ3n) is 0.671. The molecule has 0 rings (SSSR count). The fourth-order valence-corrected chi connectivity index (χ4v) is 0.441. The molecule has 0 saturated heterocycles. The van der Waals surface area contributed by atoms with Crippen LogP contribution in [0.15, 0.2) is 0 Å². The number of aliphatic hydroxyl groups is 1. The minimum atomic E-state index is -3.60. The van der Waals surface area contributed by atoms with Gasteiger partial charge in [-0.25, -0.2) is 0 Å². The Bertz CT molecular complexity index is 372. The Morgan fingerprint density at radius 1 is 1.91 bits per heavy atom. The van der Waals surface area contributed by atoms with Gasteiger partial charge in [-0.15, -0.1) is 0 Å². The second-order valence-electron chi connectivity index (χ2n) is 2.14. The summed E-state index contributed by atoms with van der Waals surface area (Å²) >= 11 is 0. The van der Waals surface area contributed by atoms with Crippen LogP contribution < -0.4 is 0 Å². The Labute approximate surface area is 79.3 Å². The fraction of sp³-hybridized carbons (Fsp3) is 0.857. The van der Waals surface area contributed by atoms with Crippen molar-refractivity contribution < 1.29 is 31.8 Å². The second-order valence-corrected chi connectivity index (χ2v) is 2.14. The van der Waals surface area contributed by atoms with Gasteiger partial charge in [0.25, 0.3) is 0 Å². The van der Waals surface area contributed by atoms with Crippen molar-refractivity contribution >= 4 is 5.97 Å². The topological polar surface area (TPSA) is 57.5 Å². The molecule has 0 aromatic rings. The molecule has 0 aromatic heterocycles. The van der Waals surface area contributed by atoms with Gasteiger partial charge in [0, 0.05) is 0 Å². The first-order valence-corrected chi connectivity index (χ1v) is 2.73. The molecule has 0 fully saturated rings. The Balaban J connectivity index is 6.14. The maximum Gasteiger partial charge on any atom is 0.306 e. The van der Waals surface area contributed by atoms with E-state index < -0.39 is 43.4 Å². The minimum Gasteiger partial charge on any atom is -0.481 e. The highest BCUT2D eigenvalue weighted by Crippen LogP contribution is 1.98.